The van der Waals surface area contributed by atoms with E-state index in [4.69, 9.17) is 9.47 Å². The number of morpholine rings is 1. The third-order valence-electron chi connectivity index (χ3n) is 4.43. The van der Waals surface area contributed by atoms with E-state index in [1.165, 1.54) is 4.90 Å². The van der Waals surface area contributed by atoms with Crippen LogP contribution >= 0.6 is 0 Å². The van der Waals surface area contributed by atoms with Crippen LogP contribution in [0.5, 0.6) is 5.88 Å². The normalized spacial score (nSPS) is 18.5. The maximum atomic E-state index is 12.7. The molecule has 10 nitrogen and oxygen atoms in total. The van der Waals surface area contributed by atoms with Crippen molar-refractivity contribution in [2.75, 3.05) is 44.3 Å². The fourth-order valence-electron chi connectivity index (χ4n) is 2.89. The molecule has 14 heteroatoms. The van der Waals surface area contributed by atoms with Crippen molar-refractivity contribution in [1.82, 2.24) is 14.9 Å². The second kappa shape index (κ2) is 8.30. The second-order valence-corrected chi connectivity index (χ2v) is 9.63. The quantitative estimate of drug-likeness (QED) is 0.483. The van der Waals surface area contributed by atoms with Crippen LogP contribution in [-0.2, 0) is 19.6 Å². The number of rotatable bonds is 4. The molecule has 0 N–H and O–H groups in total. The molecule has 1 aromatic rings. The summed E-state index contributed by atoms with van der Waals surface area (Å²) in [6.07, 6.45) is -0.526. The van der Waals surface area contributed by atoms with Crippen molar-refractivity contribution >= 4 is 22.2 Å². The third kappa shape index (κ3) is 5.67. The van der Waals surface area contributed by atoms with Crippen molar-refractivity contribution in [2.45, 2.75) is 37.8 Å². The lowest BCUT2D eigenvalue weighted by molar-refractivity contribution is -0.0501. The molecule has 2 aliphatic rings. The van der Waals surface area contributed by atoms with Crippen molar-refractivity contribution in [3.8, 4) is 5.88 Å². The zero-order chi connectivity index (χ0) is 23.0. The fraction of sp³-hybridized carbons (Fsp3) is 0.706. The van der Waals surface area contributed by atoms with Gasteiger partial charge in [-0.05, 0) is 20.8 Å². The fourth-order valence-corrected chi connectivity index (χ4v) is 3.29. The minimum atomic E-state index is -5.89. The number of nitrogens with zero attached hydrogens (tertiary/aromatic N) is 4. The monoisotopic (exact) mass is 468 g/mol. The number of ether oxygens (including phenoxy) is 2. The Balaban J connectivity index is 1.82. The highest BCUT2D eigenvalue weighted by Crippen LogP contribution is 2.32. The number of aromatic nitrogens is 2. The van der Waals surface area contributed by atoms with Crippen molar-refractivity contribution in [3.63, 3.8) is 0 Å². The van der Waals surface area contributed by atoms with Crippen LogP contribution in [0, 0.1) is 0 Å². The number of amides is 1. The summed E-state index contributed by atoms with van der Waals surface area (Å²) < 4.78 is 75.8. The first-order valence-corrected chi connectivity index (χ1v) is 10.9. The van der Waals surface area contributed by atoms with Crippen molar-refractivity contribution in [1.29, 1.82) is 0 Å². The Labute approximate surface area is 177 Å². The van der Waals surface area contributed by atoms with Crippen LogP contribution in [0.4, 0.5) is 23.9 Å². The molecule has 0 spiro atoms. The predicted molar refractivity (Wildman–Crippen MR) is 101 cm³/mol. The average molecular weight is 468 g/mol. The van der Waals surface area contributed by atoms with Crippen molar-refractivity contribution in [2.24, 2.45) is 0 Å². The molecule has 0 saturated carbocycles. The molecule has 31 heavy (non-hydrogen) atoms. The Hall–Kier alpha value is -2.35. The average Bonchev–Trinajstić information content (AvgIpc) is 2.58. The maximum absolute atomic E-state index is 12.7. The van der Waals surface area contributed by atoms with Crippen LogP contribution in [0.15, 0.2) is 6.07 Å². The number of alkyl halides is 3. The topological polar surface area (TPSA) is 111 Å². The molecule has 2 fully saturated rings. The van der Waals surface area contributed by atoms with E-state index in [9.17, 15) is 26.4 Å². The minimum absolute atomic E-state index is 0.0314. The number of carbonyl (C=O) groups excluding carboxylic acids is 1. The predicted octanol–water partition coefficient (Wildman–Crippen LogP) is 1.88. The van der Waals surface area contributed by atoms with Crippen LogP contribution in [0.1, 0.15) is 32.4 Å². The third-order valence-corrected chi connectivity index (χ3v) is 5.39. The Morgan fingerprint density at radius 1 is 1.16 bits per heavy atom. The van der Waals surface area contributed by atoms with E-state index in [0.29, 0.717) is 26.3 Å². The van der Waals surface area contributed by atoms with Gasteiger partial charge in [0.2, 0.25) is 11.8 Å². The molecule has 1 aromatic heterocycles. The largest absolute Gasteiger partial charge is 0.534 e. The van der Waals surface area contributed by atoms with Gasteiger partial charge in [-0.15, -0.1) is 0 Å². The molecule has 0 atom stereocenters. The van der Waals surface area contributed by atoms with Gasteiger partial charge in [0.25, 0.3) is 0 Å². The summed E-state index contributed by atoms with van der Waals surface area (Å²) in [6, 6.07) is 1.05. The first-order valence-electron chi connectivity index (χ1n) is 9.45. The second-order valence-electron chi connectivity index (χ2n) is 8.10. The molecule has 0 bridgehead atoms. The number of hydrogen-bond donors (Lipinski definition) is 0. The highest BCUT2D eigenvalue weighted by atomic mass is 32.2. The highest BCUT2D eigenvalue weighted by Gasteiger charge is 2.49. The summed E-state index contributed by atoms with van der Waals surface area (Å²) in [4.78, 5) is 23.4. The number of hydrogen-bond acceptors (Lipinski definition) is 9. The van der Waals surface area contributed by atoms with Crippen molar-refractivity contribution < 1.29 is 40.0 Å². The van der Waals surface area contributed by atoms with Crippen LogP contribution in [0.25, 0.3) is 0 Å². The van der Waals surface area contributed by atoms with Gasteiger partial charge in [-0.25, -0.2) is 9.78 Å². The summed E-state index contributed by atoms with van der Waals surface area (Å²) in [5.41, 5.74) is -6.00. The van der Waals surface area contributed by atoms with E-state index >= 15 is 0 Å². The van der Waals surface area contributed by atoms with Gasteiger partial charge in [0.1, 0.15) is 5.60 Å². The lowest BCUT2D eigenvalue weighted by Crippen LogP contribution is -2.50. The SMILES string of the molecule is CC(C)(C)OC(=O)N1CC(c2cc(OS(=O)(=O)C(F)(F)F)nc(N3CCOCC3)n2)C1. The summed E-state index contributed by atoms with van der Waals surface area (Å²) in [5, 5.41) is 0. The smallest absolute Gasteiger partial charge is 0.444 e. The number of halogens is 3. The van der Waals surface area contributed by atoms with Gasteiger partial charge in [0.15, 0.2) is 0 Å². The first-order chi connectivity index (χ1) is 14.2. The lowest BCUT2D eigenvalue weighted by Gasteiger charge is -2.39. The molecule has 0 unspecified atom stereocenters. The van der Waals surface area contributed by atoms with Crippen LogP contribution in [0.2, 0.25) is 0 Å². The van der Waals surface area contributed by atoms with Gasteiger partial charge in [0.05, 0.1) is 18.9 Å². The molecule has 2 aliphatic heterocycles. The zero-order valence-electron chi connectivity index (χ0n) is 17.2. The molecule has 174 valence electrons. The zero-order valence-corrected chi connectivity index (χ0v) is 18.0. The Kier molecular flexibility index (Phi) is 6.24. The van der Waals surface area contributed by atoms with Crippen molar-refractivity contribution in [3.05, 3.63) is 11.8 Å². The highest BCUT2D eigenvalue weighted by molar-refractivity contribution is 7.87. The molecule has 0 aromatic carbocycles. The number of carbonyl (C=O) groups is 1. The van der Waals surface area contributed by atoms with Gasteiger partial charge in [-0.1, -0.05) is 0 Å². The molecule has 3 rings (SSSR count). The molecular weight excluding hydrogens is 445 g/mol. The molecule has 0 aliphatic carbocycles. The van der Waals surface area contributed by atoms with Gasteiger partial charge in [0, 0.05) is 38.2 Å². The Morgan fingerprint density at radius 3 is 2.32 bits per heavy atom. The molecule has 3 heterocycles. The van der Waals surface area contributed by atoms with Gasteiger partial charge < -0.3 is 23.5 Å². The number of likely N-dealkylation sites (tertiary alicyclic amines) is 1. The van der Waals surface area contributed by atoms with E-state index in [1.54, 1.807) is 25.7 Å². The summed E-state index contributed by atoms with van der Waals surface area (Å²) in [7, 11) is -5.89. The van der Waals surface area contributed by atoms with E-state index in [0.717, 1.165) is 6.07 Å². The molecule has 2 saturated heterocycles. The lowest BCUT2D eigenvalue weighted by atomic mass is 9.96. The Bertz CT molecular complexity index is 923. The van der Waals surface area contributed by atoms with Crippen LogP contribution < -0.4 is 9.08 Å². The van der Waals surface area contributed by atoms with Gasteiger partial charge >= 0.3 is 21.7 Å². The van der Waals surface area contributed by atoms with Gasteiger partial charge in [-0.2, -0.15) is 26.6 Å². The molecule has 0 radical (unpaired) electrons. The summed E-state index contributed by atoms with van der Waals surface area (Å²) in [5.74, 6) is -1.05. The van der Waals surface area contributed by atoms with Crippen LogP contribution in [0.3, 0.4) is 0 Å². The Morgan fingerprint density at radius 2 is 1.77 bits per heavy atom. The number of anilines is 1. The standard InChI is InChI=1S/C17H23F3N4O6S/c1-16(2,3)29-15(25)24-9-11(10-24)12-8-13(30-31(26,27)17(18,19)20)22-14(21-12)23-4-6-28-7-5-23/h8,11H,4-7,9-10H2,1-3H3. The van der Waals surface area contributed by atoms with Crippen LogP contribution in [-0.4, -0.2) is 79.9 Å². The van der Waals surface area contributed by atoms with Gasteiger partial charge in [-0.3, -0.25) is 0 Å². The van der Waals surface area contributed by atoms with E-state index in [1.807, 2.05) is 0 Å². The minimum Gasteiger partial charge on any atom is -0.444 e. The van der Waals surface area contributed by atoms with E-state index in [2.05, 4.69) is 14.2 Å². The molecule has 1 amide bonds. The summed E-state index contributed by atoms with van der Waals surface area (Å²) in [6.45, 7) is 7.08. The van der Waals surface area contributed by atoms with E-state index in [-0.39, 0.29) is 30.6 Å². The maximum Gasteiger partial charge on any atom is 0.534 e. The summed E-state index contributed by atoms with van der Waals surface area (Å²) >= 11 is 0. The molecular formula is C17H23F3N4O6S. The first kappa shape index (κ1) is 23.3. The van der Waals surface area contributed by atoms with E-state index < -0.39 is 33.2 Å².